The molecule has 2 aromatic carbocycles. The molecule has 142 valence electrons. The maximum Gasteiger partial charge on any atom is 0.573 e. The van der Waals surface area contributed by atoms with Gasteiger partial charge in [-0.1, -0.05) is 29.8 Å². The van der Waals surface area contributed by atoms with Crippen molar-refractivity contribution in [3.8, 4) is 5.75 Å². The van der Waals surface area contributed by atoms with Gasteiger partial charge in [0.25, 0.3) is 10.0 Å². The molecule has 2 rings (SSSR count). The second-order valence-corrected chi connectivity index (χ2v) is 7.70. The topological polar surface area (TPSA) is 58.6 Å². The lowest BCUT2D eigenvalue weighted by Crippen LogP contribution is -2.21. The molecule has 10 heteroatoms. The van der Waals surface area contributed by atoms with E-state index in [4.69, 9.17) is 11.6 Å². The van der Waals surface area contributed by atoms with Crippen LogP contribution in [0.25, 0.3) is 0 Å². The van der Waals surface area contributed by atoms with E-state index in [0.29, 0.717) is 11.6 Å². The molecule has 0 saturated heterocycles. The second-order valence-electron chi connectivity index (χ2n) is 5.64. The highest BCUT2D eigenvalue weighted by Gasteiger charge is 2.34. The number of hydrogen-bond donors (Lipinski definition) is 1. The summed E-state index contributed by atoms with van der Waals surface area (Å²) >= 11 is 6.13. The minimum absolute atomic E-state index is 0.124. The first-order chi connectivity index (χ1) is 12.0. The van der Waals surface area contributed by atoms with Crippen molar-refractivity contribution in [3.63, 3.8) is 0 Å². The predicted molar refractivity (Wildman–Crippen MR) is 92.8 cm³/mol. The van der Waals surface area contributed by atoms with E-state index in [9.17, 15) is 21.6 Å². The molecule has 0 radical (unpaired) electrons. The highest BCUT2D eigenvalue weighted by molar-refractivity contribution is 7.92. The molecule has 0 aliphatic rings. The maximum atomic E-state index is 12.5. The lowest BCUT2D eigenvalue weighted by atomic mass is 10.2. The molecule has 0 spiro atoms. The Labute approximate surface area is 154 Å². The molecular formula is C16H16ClF3N2O3S. The van der Waals surface area contributed by atoms with Crippen molar-refractivity contribution < 1.29 is 26.3 Å². The average Bonchev–Trinajstić information content (AvgIpc) is 2.48. The van der Waals surface area contributed by atoms with Crippen LogP contribution in [0.4, 0.5) is 18.9 Å². The number of halogens is 4. The molecule has 0 heterocycles. The summed E-state index contributed by atoms with van der Waals surface area (Å²) in [5, 5.41) is 0.332. The minimum atomic E-state index is -5.01. The lowest BCUT2D eigenvalue weighted by molar-refractivity contribution is -0.275. The highest BCUT2D eigenvalue weighted by Crippen LogP contribution is 2.31. The molecule has 0 aromatic heterocycles. The van der Waals surface area contributed by atoms with E-state index < -0.39 is 27.0 Å². The van der Waals surface area contributed by atoms with E-state index in [-0.39, 0.29) is 5.69 Å². The van der Waals surface area contributed by atoms with Crippen LogP contribution in [0.5, 0.6) is 5.75 Å². The van der Waals surface area contributed by atoms with Crippen molar-refractivity contribution in [2.24, 2.45) is 0 Å². The van der Waals surface area contributed by atoms with Gasteiger partial charge >= 0.3 is 6.36 Å². The number of anilines is 1. The van der Waals surface area contributed by atoms with Crippen LogP contribution in [-0.4, -0.2) is 33.8 Å². The SMILES string of the molecule is CN(C)Cc1ccc(NS(=O)(=O)c2ccccc2OC(F)(F)F)cc1Cl. The molecule has 26 heavy (non-hydrogen) atoms. The van der Waals surface area contributed by atoms with Gasteiger partial charge in [-0.25, -0.2) is 8.42 Å². The summed E-state index contributed by atoms with van der Waals surface area (Å²) in [5.74, 6) is -0.817. The third-order valence-electron chi connectivity index (χ3n) is 3.16. The zero-order valence-electron chi connectivity index (χ0n) is 13.8. The third-order valence-corrected chi connectivity index (χ3v) is 4.93. The van der Waals surface area contributed by atoms with Crippen LogP contribution in [0.1, 0.15) is 5.56 Å². The standard InChI is InChI=1S/C16H16ClF3N2O3S/c1-22(2)10-11-7-8-12(9-13(11)17)21-26(23,24)15-6-4-3-5-14(15)25-16(18,19)20/h3-9,21H,10H2,1-2H3. The summed E-state index contributed by atoms with van der Waals surface area (Å²) < 4.78 is 68.4. The van der Waals surface area contributed by atoms with Crippen molar-refractivity contribution in [1.82, 2.24) is 4.90 Å². The van der Waals surface area contributed by atoms with Crippen molar-refractivity contribution in [2.45, 2.75) is 17.8 Å². The Bertz CT molecular complexity index is 887. The largest absolute Gasteiger partial charge is 0.573 e. The molecule has 0 aliphatic heterocycles. The quantitative estimate of drug-likeness (QED) is 0.781. The fourth-order valence-corrected chi connectivity index (χ4v) is 3.59. The highest BCUT2D eigenvalue weighted by atomic mass is 35.5. The maximum absolute atomic E-state index is 12.5. The molecule has 0 saturated carbocycles. The summed E-state index contributed by atoms with van der Waals surface area (Å²) in [4.78, 5) is 1.25. The normalized spacial score (nSPS) is 12.3. The third kappa shape index (κ3) is 5.52. The fourth-order valence-electron chi connectivity index (χ4n) is 2.17. The van der Waals surface area contributed by atoms with Crippen LogP contribution in [0.3, 0.4) is 0 Å². The van der Waals surface area contributed by atoms with Crippen molar-refractivity contribution >= 4 is 27.3 Å². The van der Waals surface area contributed by atoms with Crippen LogP contribution in [0.2, 0.25) is 5.02 Å². The van der Waals surface area contributed by atoms with Crippen LogP contribution >= 0.6 is 11.6 Å². The first kappa shape index (κ1) is 20.3. The molecule has 0 aliphatic carbocycles. The Kier molecular flexibility index (Phi) is 6.05. The van der Waals surface area contributed by atoms with Crippen LogP contribution in [0.15, 0.2) is 47.4 Å². The fraction of sp³-hybridized carbons (Fsp3) is 0.250. The van der Waals surface area contributed by atoms with E-state index in [2.05, 4.69) is 9.46 Å². The van der Waals surface area contributed by atoms with Gasteiger partial charge in [0.2, 0.25) is 0 Å². The second kappa shape index (κ2) is 7.73. The smallest absolute Gasteiger partial charge is 0.404 e. The summed E-state index contributed by atoms with van der Waals surface area (Å²) in [6, 6.07) is 9.00. The van der Waals surface area contributed by atoms with E-state index in [1.165, 1.54) is 24.3 Å². The van der Waals surface area contributed by atoms with E-state index >= 15 is 0 Å². The summed E-state index contributed by atoms with van der Waals surface area (Å²) in [6.07, 6.45) is -5.01. The number of sulfonamides is 1. The Hall–Kier alpha value is -1.97. The zero-order valence-corrected chi connectivity index (χ0v) is 15.4. The monoisotopic (exact) mass is 408 g/mol. The number of benzene rings is 2. The molecule has 2 aromatic rings. The van der Waals surface area contributed by atoms with Gasteiger partial charge < -0.3 is 9.64 Å². The average molecular weight is 409 g/mol. The molecule has 0 fully saturated rings. The predicted octanol–water partition coefficient (Wildman–Crippen LogP) is 4.10. The number of ether oxygens (including phenoxy) is 1. The van der Waals surface area contributed by atoms with E-state index in [1.807, 2.05) is 19.0 Å². The summed E-state index contributed by atoms with van der Waals surface area (Å²) in [5.41, 5.74) is 0.903. The van der Waals surface area contributed by atoms with E-state index in [1.54, 1.807) is 6.07 Å². The first-order valence-electron chi connectivity index (χ1n) is 7.29. The Morgan fingerprint density at radius 2 is 1.81 bits per heavy atom. The van der Waals surface area contributed by atoms with Crippen LogP contribution < -0.4 is 9.46 Å². The Morgan fingerprint density at radius 1 is 1.15 bits per heavy atom. The number of hydrogen-bond acceptors (Lipinski definition) is 4. The molecule has 0 atom stereocenters. The minimum Gasteiger partial charge on any atom is -0.404 e. The van der Waals surface area contributed by atoms with Gasteiger partial charge in [0.15, 0.2) is 0 Å². The molecule has 0 amide bonds. The van der Waals surface area contributed by atoms with Crippen molar-refractivity contribution in [3.05, 3.63) is 53.1 Å². The van der Waals surface area contributed by atoms with Gasteiger partial charge in [0.1, 0.15) is 10.6 Å². The van der Waals surface area contributed by atoms with Gasteiger partial charge in [-0.15, -0.1) is 13.2 Å². The number of alkyl halides is 3. The van der Waals surface area contributed by atoms with Gasteiger partial charge in [0, 0.05) is 11.6 Å². The molecule has 0 unspecified atom stereocenters. The number of nitrogens with zero attached hydrogens (tertiary/aromatic N) is 1. The Balaban J connectivity index is 2.31. The molecule has 0 bridgehead atoms. The summed E-state index contributed by atoms with van der Waals surface area (Å²) in [7, 11) is -0.610. The van der Waals surface area contributed by atoms with Crippen LogP contribution in [-0.2, 0) is 16.6 Å². The van der Waals surface area contributed by atoms with Crippen molar-refractivity contribution in [1.29, 1.82) is 0 Å². The summed E-state index contributed by atoms with van der Waals surface area (Å²) in [6.45, 7) is 0.550. The van der Waals surface area contributed by atoms with Gasteiger partial charge in [0.05, 0.1) is 5.69 Å². The molecule has 5 nitrogen and oxygen atoms in total. The van der Waals surface area contributed by atoms with Gasteiger partial charge in [-0.05, 0) is 43.9 Å². The van der Waals surface area contributed by atoms with Gasteiger partial charge in [-0.3, -0.25) is 4.72 Å². The lowest BCUT2D eigenvalue weighted by Gasteiger charge is -2.15. The van der Waals surface area contributed by atoms with Crippen molar-refractivity contribution in [2.75, 3.05) is 18.8 Å². The van der Waals surface area contributed by atoms with Crippen LogP contribution in [0, 0.1) is 0 Å². The number of nitrogens with one attached hydrogen (secondary N) is 1. The van der Waals surface area contributed by atoms with Gasteiger partial charge in [-0.2, -0.15) is 0 Å². The van der Waals surface area contributed by atoms with E-state index in [0.717, 1.165) is 17.7 Å². The zero-order chi connectivity index (χ0) is 19.5. The molecule has 1 N–H and O–H groups in total. The number of para-hydroxylation sites is 1. The first-order valence-corrected chi connectivity index (χ1v) is 9.15. The molecular weight excluding hydrogens is 393 g/mol. The Morgan fingerprint density at radius 3 is 2.38 bits per heavy atom. The number of rotatable bonds is 6.